The van der Waals surface area contributed by atoms with Gasteiger partial charge in [-0.15, -0.1) is 0 Å². The van der Waals surface area contributed by atoms with E-state index in [4.69, 9.17) is 4.74 Å². The molecular formula is C23H13F2NO5. The van der Waals surface area contributed by atoms with Crippen LogP contribution in [0.5, 0.6) is 0 Å². The monoisotopic (exact) mass is 421 g/mol. The van der Waals surface area contributed by atoms with Crippen LogP contribution >= 0.6 is 0 Å². The number of nitrogens with zero attached hydrogens (tertiary/aromatic N) is 1. The number of amides is 2. The van der Waals surface area contributed by atoms with E-state index in [1.165, 1.54) is 24.3 Å². The number of imide groups is 1. The molecule has 31 heavy (non-hydrogen) atoms. The van der Waals surface area contributed by atoms with Crippen LogP contribution in [-0.2, 0) is 4.74 Å². The molecule has 2 amide bonds. The van der Waals surface area contributed by atoms with Crippen molar-refractivity contribution in [2.45, 2.75) is 0 Å². The fraction of sp³-hybridized carbons (Fsp3) is 0.0435. The van der Waals surface area contributed by atoms with E-state index in [0.717, 1.165) is 23.1 Å². The highest BCUT2D eigenvalue weighted by Crippen LogP contribution is 2.28. The standard InChI is InChI=1S/C23H13F2NO5/c24-18-10-7-14(11-19(18)25)20(27)12-31-23(30)13-5-8-15(9-6-13)26-21(28)16-3-1-2-4-17(16)22(26)29/h1-11H,12H2. The van der Waals surface area contributed by atoms with Gasteiger partial charge in [-0.1, -0.05) is 12.1 Å². The number of esters is 1. The van der Waals surface area contributed by atoms with Crippen molar-refractivity contribution in [3.63, 3.8) is 0 Å². The third-order valence-electron chi connectivity index (χ3n) is 4.73. The Kier molecular flexibility index (Phi) is 5.12. The molecular weight excluding hydrogens is 408 g/mol. The lowest BCUT2D eigenvalue weighted by atomic mass is 10.1. The van der Waals surface area contributed by atoms with Crippen molar-refractivity contribution in [1.29, 1.82) is 0 Å². The molecule has 0 spiro atoms. The molecule has 3 aromatic rings. The fourth-order valence-electron chi connectivity index (χ4n) is 3.14. The highest BCUT2D eigenvalue weighted by molar-refractivity contribution is 6.34. The molecule has 8 heteroatoms. The topological polar surface area (TPSA) is 80.8 Å². The molecule has 0 radical (unpaired) electrons. The van der Waals surface area contributed by atoms with Gasteiger partial charge in [0.15, 0.2) is 24.0 Å². The third kappa shape index (κ3) is 3.71. The molecule has 1 aliphatic rings. The molecule has 1 heterocycles. The van der Waals surface area contributed by atoms with E-state index >= 15 is 0 Å². The Morgan fingerprint density at radius 2 is 1.35 bits per heavy atom. The summed E-state index contributed by atoms with van der Waals surface area (Å²) in [6.45, 7) is -0.663. The number of carbonyl (C=O) groups excluding carboxylic acids is 4. The Morgan fingerprint density at radius 3 is 1.94 bits per heavy atom. The number of Topliss-reactive ketones (excluding diaryl/α,β-unsaturated/α-hetero) is 1. The number of fused-ring (bicyclic) bond motifs is 1. The maximum atomic E-state index is 13.2. The normalized spacial score (nSPS) is 12.6. The Bertz CT molecular complexity index is 1200. The minimum absolute atomic E-state index is 0.0819. The summed E-state index contributed by atoms with van der Waals surface area (Å²) in [4.78, 5) is 50.2. The van der Waals surface area contributed by atoms with E-state index in [2.05, 4.69) is 0 Å². The zero-order chi connectivity index (χ0) is 22.1. The third-order valence-corrected chi connectivity index (χ3v) is 4.73. The molecule has 3 aromatic carbocycles. The second-order valence-corrected chi connectivity index (χ2v) is 6.67. The van der Waals surface area contributed by atoms with Crippen LogP contribution in [0.1, 0.15) is 41.4 Å². The van der Waals surface area contributed by atoms with Crippen LogP contribution in [0, 0.1) is 11.6 Å². The van der Waals surface area contributed by atoms with Crippen LogP contribution in [0.3, 0.4) is 0 Å². The van der Waals surface area contributed by atoms with Gasteiger partial charge in [0.1, 0.15) is 0 Å². The number of ether oxygens (including phenoxy) is 1. The molecule has 154 valence electrons. The van der Waals surface area contributed by atoms with Gasteiger partial charge in [0.2, 0.25) is 0 Å². The minimum atomic E-state index is -1.18. The molecule has 0 atom stereocenters. The Hall–Kier alpha value is -4.20. The van der Waals surface area contributed by atoms with Gasteiger partial charge in [-0.3, -0.25) is 14.4 Å². The van der Waals surface area contributed by atoms with Gasteiger partial charge in [-0.25, -0.2) is 18.5 Å². The molecule has 6 nitrogen and oxygen atoms in total. The summed E-state index contributed by atoms with van der Waals surface area (Å²) in [5.74, 6) is -4.73. The lowest BCUT2D eigenvalue weighted by Gasteiger charge is -2.14. The first-order chi connectivity index (χ1) is 14.9. The number of halogens is 2. The average Bonchev–Trinajstić information content (AvgIpc) is 3.04. The molecule has 1 aliphatic heterocycles. The van der Waals surface area contributed by atoms with Crippen molar-refractivity contribution in [2.24, 2.45) is 0 Å². The summed E-state index contributed by atoms with van der Waals surface area (Å²) < 4.78 is 31.1. The Labute approximate surface area is 174 Å². The summed E-state index contributed by atoms with van der Waals surface area (Å²) in [6, 6.07) is 14.6. The lowest BCUT2D eigenvalue weighted by Crippen LogP contribution is -2.29. The first kappa shape index (κ1) is 20.1. The van der Waals surface area contributed by atoms with Crippen LogP contribution < -0.4 is 4.90 Å². The maximum Gasteiger partial charge on any atom is 0.338 e. The van der Waals surface area contributed by atoms with Gasteiger partial charge in [0.25, 0.3) is 11.8 Å². The number of carbonyl (C=O) groups is 4. The smallest absolute Gasteiger partial charge is 0.338 e. The fourth-order valence-corrected chi connectivity index (χ4v) is 3.14. The Balaban J connectivity index is 1.43. The van der Waals surface area contributed by atoms with Gasteiger partial charge in [0, 0.05) is 5.56 Å². The van der Waals surface area contributed by atoms with Crippen molar-refractivity contribution >= 4 is 29.3 Å². The summed E-state index contributed by atoms with van der Waals surface area (Å²) in [5, 5.41) is 0. The second-order valence-electron chi connectivity index (χ2n) is 6.67. The number of benzene rings is 3. The molecule has 0 aromatic heterocycles. The second kappa shape index (κ2) is 7.91. The number of ketones is 1. The molecule has 0 saturated heterocycles. The van der Waals surface area contributed by atoms with E-state index < -0.39 is 41.8 Å². The van der Waals surface area contributed by atoms with E-state index in [1.807, 2.05) is 0 Å². The van der Waals surface area contributed by atoms with Crippen LogP contribution in [0.2, 0.25) is 0 Å². The SMILES string of the molecule is O=C(COC(=O)c1ccc(N2C(=O)c3ccccc3C2=O)cc1)c1ccc(F)c(F)c1. The molecule has 0 saturated carbocycles. The first-order valence-electron chi connectivity index (χ1n) is 9.10. The van der Waals surface area contributed by atoms with Crippen molar-refractivity contribution < 1.29 is 32.7 Å². The van der Waals surface area contributed by atoms with Crippen LogP contribution in [0.15, 0.2) is 66.7 Å². The summed E-state index contributed by atoms with van der Waals surface area (Å²) in [5.41, 5.74) is 0.824. The molecule has 0 bridgehead atoms. The van der Waals surface area contributed by atoms with Gasteiger partial charge >= 0.3 is 5.97 Å². The van der Waals surface area contributed by atoms with Gasteiger partial charge < -0.3 is 4.74 Å². The highest BCUT2D eigenvalue weighted by atomic mass is 19.2. The predicted octanol–water partition coefficient (Wildman–Crippen LogP) is 3.81. The van der Waals surface area contributed by atoms with E-state index in [0.29, 0.717) is 11.1 Å². The van der Waals surface area contributed by atoms with E-state index in [-0.39, 0.29) is 16.8 Å². The van der Waals surface area contributed by atoms with Crippen LogP contribution in [0.25, 0.3) is 0 Å². The number of hydrogen-bond acceptors (Lipinski definition) is 5. The molecule has 4 rings (SSSR count). The van der Waals surface area contributed by atoms with E-state index in [1.54, 1.807) is 24.3 Å². The molecule has 0 aliphatic carbocycles. The average molecular weight is 421 g/mol. The summed E-state index contributed by atoms with van der Waals surface area (Å²) in [6.07, 6.45) is 0. The zero-order valence-corrected chi connectivity index (χ0v) is 15.8. The van der Waals surface area contributed by atoms with Gasteiger partial charge in [-0.2, -0.15) is 0 Å². The summed E-state index contributed by atoms with van der Waals surface area (Å²) >= 11 is 0. The van der Waals surface area contributed by atoms with Gasteiger partial charge in [0.05, 0.1) is 22.4 Å². The predicted molar refractivity (Wildman–Crippen MR) is 105 cm³/mol. The first-order valence-corrected chi connectivity index (χ1v) is 9.10. The molecule has 0 unspecified atom stereocenters. The quantitative estimate of drug-likeness (QED) is 0.356. The summed E-state index contributed by atoms with van der Waals surface area (Å²) in [7, 11) is 0. The zero-order valence-electron chi connectivity index (χ0n) is 15.8. The minimum Gasteiger partial charge on any atom is -0.454 e. The van der Waals surface area contributed by atoms with Crippen LogP contribution in [-0.4, -0.2) is 30.2 Å². The van der Waals surface area contributed by atoms with Gasteiger partial charge in [-0.05, 0) is 54.6 Å². The largest absolute Gasteiger partial charge is 0.454 e. The number of anilines is 1. The van der Waals surface area contributed by atoms with Crippen molar-refractivity contribution in [2.75, 3.05) is 11.5 Å². The Morgan fingerprint density at radius 1 is 0.774 bits per heavy atom. The lowest BCUT2D eigenvalue weighted by molar-refractivity contribution is 0.0474. The number of hydrogen-bond donors (Lipinski definition) is 0. The number of rotatable bonds is 5. The van der Waals surface area contributed by atoms with Crippen molar-refractivity contribution in [1.82, 2.24) is 0 Å². The highest BCUT2D eigenvalue weighted by Gasteiger charge is 2.36. The maximum absolute atomic E-state index is 13.2. The molecule has 0 fully saturated rings. The van der Waals surface area contributed by atoms with E-state index in [9.17, 15) is 28.0 Å². The van der Waals surface area contributed by atoms with Crippen LogP contribution in [0.4, 0.5) is 14.5 Å². The molecule has 0 N–H and O–H groups in total. The van der Waals surface area contributed by atoms with Crippen molar-refractivity contribution in [3.05, 3.63) is 101 Å². The van der Waals surface area contributed by atoms with Crippen molar-refractivity contribution in [3.8, 4) is 0 Å².